The van der Waals surface area contributed by atoms with Gasteiger partial charge in [-0.15, -0.1) is 0 Å². The van der Waals surface area contributed by atoms with Gasteiger partial charge >= 0.3 is 0 Å². The molecule has 0 saturated heterocycles. The summed E-state index contributed by atoms with van der Waals surface area (Å²) in [5.74, 6) is 0.833. The molecule has 0 amide bonds. The maximum atomic E-state index is 10.6. The SMILES string of the molecule is Cc1nccc2ccc(C=O)n12. The van der Waals surface area contributed by atoms with Crippen LogP contribution in [0.2, 0.25) is 0 Å². The van der Waals surface area contributed by atoms with Gasteiger partial charge in [-0.3, -0.25) is 9.20 Å². The molecule has 0 unspecified atom stereocenters. The molecule has 2 heterocycles. The first kappa shape index (κ1) is 7.03. The van der Waals surface area contributed by atoms with E-state index in [2.05, 4.69) is 4.98 Å². The summed E-state index contributed by atoms with van der Waals surface area (Å²) >= 11 is 0. The zero-order chi connectivity index (χ0) is 8.55. The first-order chi connectivity index (χ1) is 5.83. The third-order valence-electron chi connectivity index (χ3n) is 1.89. The van der Waals surface area contributed by atoms with Crippen LogP contribution in [-0.4, -0.2) is 15.7 Å². The highest BCUT2D eigenvalue weighted by Crippen LogP contribution is 2.09. The number of nitrogens with zero attached hydrogens (tertiary/aromatic N) is 2. The number of aldehydes is 1. The molecule has 0 fully saturated rings. The van der Waals surface area contributed by atoms with Gasteiger partial charge in [-0.05, 0) is 25.1 Å². The van der Waals surface area contributed by atoms with E-state index < -0.39 is 0 Å². The molecule has 0 aliphatic heterocycles. The van der Waals surface area contributed by atoms with Gasteiger partial charge in [-0.1, -0.05) is 0 Å². The van der Waals surface area contributed by atoms with Crippen LogP contribution in [0.5, 0.6) is 0 Å². The lowest BCUT2D eigenvalue weighted by Gasteiger charge is -1.99. The van der Waals surface area contributed by atoms with Gasteiger partial charge in [0.25, 0.3) is 0 Å². The standard InChI is InChI=1S/C9H8N2O/c1-7-10-5-4-8-2-3-9(6-12)11(7)8/h2-6H,1H3. The predicted octanol–water partition coefficient (Wildman–Crippen LogP) is 1.46. The zero-order valence-electron chi connectivity index (χ0n) is 6.69. The van der Waals surface area contributed by atoms with Crippen molar-refractivity contribution in [2.45, 2.75) is 6.92 Å². The molecule has 2 aromatic rings. The van der Waals surface area contributed by atoms with E-state index in [1.54, 1.807) is 12.3 Å². The molecule has 60 valence electrons. The smallest absolute Gasteiger partial charge is 0.166 e. The predicted molar refractivity (Wildman–Crippen MR) is 45.3 cm³/mol. The molecule has 0 aliphatic carbocycles. The highest BCUT2D eigenvalue weighted by molar-refractivity contribution is 5.75. The fourth-order valence-electron chi connectivity index (χ4n) is 1.34. The van der Waals surface area contributed by atoms with E-state index >= 15 is 0 Å². The van der Waals surface area contributed by atoms with Crippen molar-refractivity contribution in [2.24, 2.45) is 0 Å². The molecule has 0 atom stereocenters. The van der Waals surface area contributed by atoms with E-state index in [1.807, 2.05) is 23.5 Å². The normalized spacial score (nSPS) is 10.4. The third-order valence-corrected chi connectivity index (χ3v) is 1.89. The average molecular weight is 160 g/mol. The average Bonchev–Trinajstić information content (AvgIpc) is 2.49. The van der Waals surface area contributed by atoms with Gasteiger partial charge in [0.15, 0.2) is 6.29 Å². The van der Waals surface area contributed by atoms with Gasteiger partial charge < -0.3 is 0 Å². The first-order valence-corrected chi connectivity index (χ1v) is 3.71. The van der Waals surface area contributed by atoms with Crippen LogP contribution in [0.4, 0.5) is 0 Å². The van der Waals surface area contributed by atoms with Gasteiger partial charge in [0.1, 0.15) is 5.82 Å². The van der Waals surface area contributed by atoms with Crippen molar-refractivity contribution < 1.29 is 4.79 Å². The molecule has 0 bridgehead atoms. The summed E-state index contributed by atoms with van der Waals surface area (Å²) in [6.07, 6.45) is 2.57. The Morgan fingerprint density at radius 1 is 1.42 bits per heavy atom. The Bertz CT molecular complexity index is 431. The zero-order valence-corrected chi connectivity index (χ0v) is 6.69. The summed E-state index contributed by atoms with van der Waals surface area (Å²) in [6.45, 7) is 1.88. The molecule has 0 radical (unpaired) electrons. The summed E-state index contributed by atoms with van der Waals surface area (Å²) in [5.41, 5.74) is 1.65. The van der Waals surface area contributed by atoms with Crippen LogP contribution < -0.4 is 0 Å². The Morgan fingerprint density at radius 3 is 3.00 bits per heavy atom. The first-order valence-electron chi connectivity index (χ1n) is 3.71. The van der Waals surface area contributed by atoms with Crippen LogP contribution in [0.1, 0.15) is 16.3 Å². The molecular weight excluding hydrogens is 152 g/mol. The van der Waals surface area contributed by atoms with Crippen molar-refractivity contribution in [3.63, 3.8) is 0 Å². The number of rotatable bonds is 1. The van der Waals surface area contributed by atoms with Gasteiger partial charge in [-0.25, -0.2) is 4.98 Å². The summed E-state index contributed by atoms with van der Waals surface area (Å²) in [5, 5.41) is 0. The number of hydrogen-bond donors (Lipinski definition) is 0. The van der Waals surface area contributed by atoms with E-state index in [9.17, 15) is 4.79 Å². The molecule has 0 N–H and O–H groups in total. The molecule has 12 heavy (non-hydrogen) atoms. The van der Waals surface area contributed by atoms with E-state index in [4.69, 9.17) is 0 Å². The molecule has 0 aromatic carbocycles. The van der Waals surface area contributed by atoms with Crippen molar-refractivity contribution in [3.8, 4) is 0 Å². The molecule has 3 heteroatoms. The molecule has 0 aliphatic rings. The minimum absolute atomic E-state index is 0.649. The highest BCUT2D eigenvalue weighted by Gasteiger charge is 2.01. The summed E-state index contributed by atoms with van der Waals surface area (Å²) < 4.78 is 1.83. The number of carbonyl (C=O) groups is 1. The Balaban J connectivity index is 2.91. The number of hydrogen-bond acceptors (Lipinski definition) is 2. The van der Waals surface area contributed by atoms with Crippen LogP contribution in [0.15, 0.2) is 24.4 Å². The minimum atomic E-state index is 0.649. The highest BCUT2D eigenvalue weighted by atomic mass is 16.1. The minimum Gasteiger partial charge on any atom is -0.296 e. The van der Waals surface area contributed by atoms with Crippen LogP contribution in [-0.2, 0) is 0 Å². The monoisotopic (exact) mass is 160 g/mol. The molecule has 2 rings (SSSR count). The van der Waals surface area contributed by atoms with E-state index in [0.29, 0.717) is 5.69 Å². The van der Waals surface area contributed by atoms with Gasteiger partial charge in [0, 0.05) is 11.7 Å². The fraction of sp³-hybridized carbons (Fsp3) is 0.111. The molecule has 0 saturated carbocycles. The molecule has 2 aromatic heterocycles. The van der Waals surface area contributed by atoms with Crippen LogP contribution in [0.3, 0.4) is 0 Å². The Morgan fingerprint density at radius 2 is 2.25 bits per heavy atom. The van der Waals surface area contributed by atoms with Crippen molar-refractivity contribution in [3.05, 3.63) is 35.9 Å². The van der Waals surface area contributed by atoms with Crippen LogP contribution in [0.25, 0.3) is 5.52 Å². The lowest BCUT2D eigenvalue weighted by molar-refractivity contribution is 0.111. The Labute approximate surface area is 69.7 Å². The quantitative estimate of drug-likeness (QED) is 0.592. The van der Waals surface area contributed by atoms with Crippen molar-refractivity contribution in [1.82, 2.24) is 9.38 Å². The van der Waals surface area contributed by atoms with E-state index in [-0.39, 0.29) is 0 Å². The lowest BCUT2D eigenvalue weighted by Crippen LogP contribution is -1.97. The van der Waals surface area contributed by atoms with Gasteiger partial charge in [0.2, 0.25) is 0 Å². The lowest BCUT2D eigenvalue weighted by atomic mass is 10.5. The number of carbonyl (C=O) groups excluding carboxylic acids is 1. The number of aromatic nitrogens is 2. The second-order valence-corrected chi connectivity index (χ2v) is 2.63. The molecular formula is C9H8N2O. The molecule has 3 nitrogen and oxygen atoms in total. The maximum absolute atomic E-state index is 10.6. The van der Waals surface area contributed by atoms with Crippen molar-refractivity contribution in [1.29, 1.82) is 0 Å². The van der Waals surface area contributed by atoms with Crippen molar-refractivity contribution in [2.75, 3.05) is 0 Å². The number of fused-ring (bicyclic) bond motifs is 1. The van der Waals surface area contributed by atoms with Crippen molar-refractivity contribution >= 4 is 11.8 Å². The summed E-state index contributed by atoms with van der Waals surface area (Å²) in [6, 6.07) is 5.56. The summed E-state index contributed by atoms with van der Waals surface area (Å²) in [4.78, 5) is 14.7. The summed E-state index contributed by atoms with van der Waals surface area (Å²) in [7, 11) is 0. The van der Waals surface area contributed by atoms with E-state index in [1.165, 1.54) is 0 Å². The second kappa shape index (κ2) is 2.44. The molecule has 0 spiro atoms. The largest absolute Gasteiger partial charge is 0.296 e. The second-order valence-electron chi connectivity index (χ2n) is 2.63. The van der Waals surface area contributed by atoms with Crippen LogP contribution >= 0.6 is 0 Å². The van der Waals surface area contributed by atoms with E-state index in [0.717, 1.165) is 17.6 Å². The van der Waals surface area contributed by atoms with Crippen LogP contribution in [0, 0.1) is 6.92 Å². The Kier molecular flexibility index (Phi) is 1.43. The maximum Gasteiger partial charge on any atom is 0.166 e. The fourth-order valence-corrected chi connectivity index (χ4v) is 1.34. The number of aryl methyl sites for hydroxylation is 1. The van der Waals surface area contributed by atoms with Gasteiger partial charge in [0.05, 0.1) is 5.69 Å². The topological polar surface area (TPSA) is 34.4 Å². The Hall–Kier alpha value is -1.64. The van der Waals surface area contributed by atoms with Gasteiger partial charge in [-0.2, -0.15) is 0 Å². The third kappa shape index (κ3) is 0.830.